The van der Waals surface area contributed by atoms with Crippen molar-refractivity contribution in [2.45, 2.75) is 24.9 Å². The van der Waals surface area contributed by atoms with Gasteiger partial charge >= 0.3 is 5.97 Å². The van der Waals surface area contributed by atoms with Crippen LogP contribution in [0.15, 0.2) is 4.42 Å². The van der Waals surface area contributed by atoms with Crippen molar-refractivity contribution in [2.24, 2.45) is 0 Å². The van der Waals surface area contributed by atoms with E-state index in [-0.39, 0.29) is 5.76 Å². The average Bonchev–Trinajstić information content (AvgIpc) is 2.56. The summed E-state index contributed by atoms with van der Waals surface area (Å²) in [6, 6.07) is 0. The predicted octanol–water partition coefficient (Wildman–Crippen LogP) is 2.85. The minimum absolute atomic E-state index is 0.271. The lowest BCUT2D eigenvalue weighted by atomic mass is 10.1. The maximum Gasteiger partial charge on any atom is 0.374 e. The Balaban J connectivity index is 3.11. The molecule has 0 spiro atoms. The van der Waals surface area contributed by atoms with Gasteiger partial charge in [0, 0.05) is 22.7 Å². The molecule has 0 radical (unpaired) electrons. The van der Waals surface area contributed by atoms with Crippen LogP contribution < -0.4 is 0 Å². The second-order valence-electron chi connectivity index (χ2n) is 3.23. The van der Waals surface area contributed by atoms with Crippen molar-refractivity contribution in [3.8, 4) is 0 Å². The zero-order valence-electron chi connectivity index (χ0n) is 9.63. The number of aryl methyl sites for hydroxylation is 1. The molecule has 0 aliphatic carbocycles. The highest BCUT2D eigenvalue weighted by Gasteiger charge is 2.23. The normalized spacial score (nSPS) is 10.5. The first-order chi connectivity index (χ1) is 7.65. The number of esters is 1. The van der Waals surface area contributed by atoms with Crippen molar-refractivity contribution in [3.05, 3.63) is 22.6 Å². The SMILES string of the molecule is CCOC(=O)c1oc(C)c(CI)c1COC. The van der Waals surface area contributed by atoms with Gasteiger partial charge in [-0.2, -0.15) is 0 Å². The second-order valence-corrected chi connectivity index (χ2v) is 3.99. The van der Waals surface area contributed by atoms with Crippen molar-refractivity contribution in [1.29, 1.82) is 0 Å². The van der Waals surface area contributed by atoms with Crippen LogP contribution in [-0.2, 0) is 20.5 Å². The Morgan fingerprint density at radius 3 is 2.62 bits per heavy atom. The number of carbonyl (C=O) groups excluding carboxylic acids is 1. The molecule has 0 amide bonds. The summed E-state index contributed by atoms with van der Waals surface area (Å²) in [5, 5.41) is 0. The quantitative estimate of drug-likeness (QED) is 0.471. The fourth-order valence-corrected chi connectivity index (χ4v) is 2.46. The number of rotatable bonds is 5. The van der Waals surface area contributed by atoms with Gasteiger partial charge in [-0.1, -0.05) is 22.6 Å². The number of alkyl halides is 1. The van der Waals surface area contributed by atoms with Crippen molar-refractivity contribution in [2.75, 3.05) is 13.7 Å². The van der Waals surface area contributed by atoms with Gasteiger partial charge in [-0.25, -0.2) is 4.79 Å². The van der Waals surface area contributed by atoms with E-state index in [9.17, 15) is 4.79 Å². The molecule has 1 aromatic rings. The van der Waals surface area contributed by atoms with Crippen molar-refractivity contribution >= 4 is 28.6 Å². The van der Waals surface area contributed by atoms with Crippen LogP contribution in [0.4, 0.5) is 0 Å². The number of furan rings is 1. The number of hydrogen-bond donors (Lipinski definition) is 0. The molecule has 5 heteroatoms. The zero-order valence-corrected chi connectivity index (χ0v) is 11.8. The van der Waals surface area contributed by atoms with E-state index < -0.39 is 5.97 Å². The summed E-state index contributed by atoms with van der Waals surface area (Å²) in [4.78, 5) is 11.6. The molecule has 0 bridgehead atoms. The van der Waals surface area contributed by atoms with Gasteiger partial charge in [0.2, 0.25) is 5.76 Å². The van der Waals surface area contributed by atoms with Gasteiger partial charge < -0.3 is 13.9 Å². The van der Waals surface area contributed by atoms with E-state index in [0.29, 0.717) is 13.2 Å². The molecule has 1 rings (SSSR count). The lowest BCUT2D eigenvalue weighted by Crippen LogP contribution is -2.07. The molecule has 90 valence electrons. The third-order valence-electron chi connectivity index (χ3n) is 2.20. The minimum atomic E-state index is -0.422. The molecule has 0 saturated heterocycles. The molecule has 1 heterocycles. The molecule has 0 fully saturated rings. The van der Waals surface area contributed by atoms with E-state index in [1.165, 1.54) is 0 Å². The van der Waals surface area contributed by atoms with E-state index in [0.717, 1.165) is 21.3 Å². The van der Waals surface area contributed by atoms with Crippen LogP contribution in [0.2, 0.25) is 0 Å². The number of hydrogen-bond acceptors (Lipinski definition) is 4. The van der Waals surface area contributed by atoms with E-state index >= 15 is 0 Å². The fraction of sp³-hybridized carbons (Fsp3) is 0.545. The second kappa shape index (κ2) is 6.24. The van der Waals surface area contributed by atoms with Crippen molar-refractivity contribution < 1.29 is 18.7 Å². The van der Waals surface area contributed by atoms with Crippen LogP contribution in [0.5, 0.6) is 0 Å². The summed E-state index contributed by atoms with van der Waals surface area (Å²) in [6.07, 6.45) is 0. The Bertz CT molecular complexity index is 370. The molecular weight excluding hydrogens is 323 g/mol. The number of halogens is 1. The van der Waals surface area contributed by atoms with Gasteiger partial charge in [-0.05, 0) is 13.8 Å². The van der Waals surface area contributed by atoms with Gasteiger partial charge in [0.1, 0.15) is 5.76 Å². The molecule has 0 aliphatic heterocycles. The highest BCUT2D eigenvalue weighted by atomic mass is 127. The average molecular weight is 338 g/mol. The van der Waals surface area contributed by atoms with Crippen LogP contribution in [0, 0.1) is 6.92 Å². The Morgan fingerprint density at radius 2 is 2.12 bits per heavy atom. The lowest BCUT2D eigenvalue weighted by molar-refractivity contribution is 0.0482. The molecule has 4 nitrogen and oxygen atoms in total. The monoisotopic (exact) mass is 338 g/mol. The van der Waals surface area contributed by atoms with Gasteiger partial charge in [0.25, 0.3) is 0 Å². The predicted molar refractivity (Wildman–Crippen MR) is 67.8 cm³/mol. The number of carbonyl (C=O) groups is 1. The largest absolute Gasteiger partial charge is 0.460 e. The van der Waals surface area contributed by atoms with Crippen LogP contribution in [0.25, 0.3) is 0 Å². The molecule has 0 aromatic carbocycles. The summed E-state index contributed by atoms with van der Waals surface area (Å²) < 4.78 is 16.2. The van der Waals surface area contributed by atoms with E-state index in [4.69, 9.17) is 13.9 Å². The summed E-state index contributed by atoms with van der Waals surface area (Å²) in [7, 11) is 1.59. The van der Waals surface area contributed by atoms with E-state index in [1.54, 1.807) is 14.0 Å². The highest BCUT2D eigenvalue weighted by Crippen LogP contribution is 2.26. The molecular formula is C11H15IO4. The van der Waals surface area contributed by atoms with Gasteiger partial charge in [-0.3, -0.25) is 0 Å². The highest BCUT2D eigenvalue weighted by molar-refractivity contribution is 14.1. The van der Waals surface area contributed by atoms with Crippen LogP contribution in [0.3, 0.4) is 0 Å². The van der Waals surface area contributed by atoms with Gasteiger partial charge in [0.05, 0.1) is 13.2 Å². The summed E-state index contributed by atoms with van der Waals surface area (Å²) >= 11 is 2.23. The maximum atomic E-state index is 11.6. The fourth-order valence-electron chi connectivity index (χ4n) is 1.46. The van der Waals surface area contributed by atoms with Gasteiger partial charge in [0.15, 0.2) is 0 Å². The molecule has 0 unspecified atom stereocenters. The lowest BCUT2D eigenvalue weighted by Gasteiger charge is -2.02. The van der Waals surface area contributed by atoms with Crippen molar-refractivity contribution in [3.63, 3.8) is 0 Å². The standard InChI is InChI=1S/C11H15IO4/c1-4-15-11(13)10-9(6-14-3)8(5-12)7(2)16-10/h4-6H2,1-3H3. The third kappa shape index (κ3) is 2.76. The summed E-state index contributed by atoms with van der Waals surface area (Å²) in [5.41, 5.74) is 1.82. The molecule has 0 aliphatic rings. The minimum Gasteiger partial charge on any atom is -0.460 e. The zero-order chi connectivity index (χ0) is 12.1. The summed E-state index contributed by atoms with van der Waals surface area (Å²) in [5.74, 6) is 0.603. The Morgan fingerprint density at radius 1 is 1.44 bits per heavy atom. The Labute approximate surface area is 108 Å². The molecule has 1 aromatic heterocycles. The smallest absolute Gasteiger partial charge is 0.374 e. The third-order valence-corrected chi connectivity index (χ3v) is 2.96. The molecule has 16 heavy (non-hydrogen) atoms. The first-order valence-electron chi connectivity index (χ1n) is 4.98. The number of methoxy groups -OCH3 is 1. The van der Waals surface area contributed by atoms with Crippen LogP contribution in [-0.4, -0.2) is 19.7 Å². The molecule has 0 N–H and O–H groups in total. The van der Waals surface area contributed by atoms with E-state index in [2.05, 4.69) is 22.6 Å². The molecule has 0 atom stereocenters. The first kappa shape index (κ1) is 13.5. The Kier molecular flexibility index (Phi) is 5.27. The van der Waals surface area contributed by atoms with Gasteiger partial charge in [-0.15, -0.1) is 0 Å². The van der Waals surface area contributed by atoms with E-state index in [1.807, 2.05) is 6.92 Å². The topological polar surface area (TPSA) is 48.7 Å². The maximum absolute atomic E-state index is 11.6. The van der Waals surface area contributed by atoms with Crippen molar-refractivity contribution in [1.82, 2.24) is 0 Å². The summed E-state index contributed by atoms with van der Waals surface area (Å²) in [6.45, 7) is 4.31. The number of ether oxygens (including phenoxy) is 2. The first-order valence-corrected chi connectivity index (χ1v) is 6.51. The Hall–Kier alpha value is -0.560. The van der Waals surface area contributed by atoms with Crippen LogP contribution in [0.1, 0.15) is 34.4 Å². The van der Waals surface area contributed by atoms with Crippen LogP contribution >= 0.6 is 22.6 Å². The molecule has 0 saturated carbocycles.